The lowest BCUT2D eigenvalue weighted by molar-refractivity contribution is 0.587. The second-order valence-electron chi connectivity index (χ2n) is 6.22. The number of hydrogen-bond donors (Lipinski definition) is 2. The van der Waals surface area contributed by atoms with Crippen LogP contribution in [0, 0.1) is 0 Å². The molecule has 0 saturated heterocycles. The van der Waals surface area contributed by atoms with E-state index in [4.69, 9.17) is 5.14 Å². The number of nitrogens with zero attached hydrogens (tertiary/aromatic N) is 1. The minimum absolute atomic E-state index is 0.0639. The van der Waals surface area contributed by atoms with Crippen LogP contribution in [0.3, 0.4) is 0 Å². The molecule has 0 aliphatic carbocycles. The first-order chi connectivity index (χ1) is 13.1. The fourth-order valence-electron chi connectivity index (χ4n) is 2.55. The quantitative estimate of drug-likeness (QED) is 0.587. The molecular formula is C18H19N3O4S3. The van der Waals surface area contributed by atoms with E-state index >= 15 is 0 Å². The van der Waals surface area contributed by atoms with E-state index in [9.17, 15) is 16.8 Å². The average Bonchev–Trinajstić information content (AvgIpc) is 3.11. The Morgan fingerprint density at radius 3 is 2.14 bits per heavy atom. The zero-order valence-electron chi connectivity index (χ0n) is 15.0. The Bertz CT molecular complexity index is 1170. The van der Waals surface area contributed by atoms with Crippen LogP contribution in [-0.4, -0.2) is 34.6 Å². The molecule has 28 heavy (non-hydrogen) atoms. The molecule has 0 fully saturated rings. The lowest BCUT2D eigenvalue weighted by atomic mass is 10.1. The lowest BCUT2D eigenvalue weighted by Crippen LogP contribution is -2.24. The van der Waals surface area contributed by atoms with Crippen molar-refractivity contribution in [2.24, 2.45) is 5.14 Å². The fourth-order valence-corrected chi connectivity index (χ4v) is 4.37. The van der Waals surface area contributed by atoms with Crippen molar-refractivity contribution in [2.75, 3.05) is 12.8 Å². The van der Waals surface area contributed by atoms with Gasteiger partial charge in [0.25, 0.3) is 0 Å². The highest BCUT2D eigenvalue weighted by molar-refractivity contribution is 7.89. The maximum atomic E-state index is 11.3. The van der Waals surface area contributed by atoms with E-state index in [-0.39, 0.29) is 4.90 Å². The third-order valence-corrected chi connectivity index (χ3v) is 6.51. The Balaban J connectivity index is 1.71. The van der Waals surface area contributed by atoms with Crippen molar-refractivity contribution in [1.29, 1.82) is 0 Å². The van der Waals surface area contributed by atoms with E-state index in [1.165, 1.54) is 23.5 Å². The van der Waals surface area contributed by atoms with Gasteiger partial charge in [0.1, 0.15) is 5.01 Å². The molecule has 0 aliphatic heterocycles. The minimum Gasteiger partial charge on any atom is -0.236 e. The van der Waals surface area contributed by atoms with Crippen LogP contribution in [0.2, 0.25) is 0 Å². The van der Waals surface area contributed by atoms with Crippen molar-refractivity contribution in [3.05, 3.63) is 59.5 Å². The zero-order chi connectivity index (χ0) is 20.4. The van der Waals surface area contributed by atoms with Gasteiger partial charge in [-0.2, -0.15) is 0 Å². The van der Waals surface area contributed by atoms with Gasteiger partial charge in [-0.15, -0.1) is 11.3 Å². The smallest absolute Gasteiger partial charge is 0.236 e. The van der Waals surface area contributed by atoms with Crippen molar-refractivity contribution in [3.63, 3.8) is 0 Å². The molecule has 3 N–H and O–H groups in total. The van der Waals surface area contributed by atoms with Crippen molar-refractivity contribution < 1.29 is 16.8 Å². The number of benzene rings is 2. The van der Waals surface area contributed by atoms with E-state index in [1.54, 1.807) is 12.1 Å². The minimum atomic E-state index is -3.71. The van der Waals surface area contributed by atoms with Gasteiger partial charge >= 0.3 is 0 Å². The van der Waals surface area contributed by atoms with Crippen molar-refractivity contribution in [1.82, 2.24) is 9.71 Å². The van der Waals surface area contributed by atoms with Gasteiger partial charge in [0, 0.05) is 23.1 Å². The van der Waals surface area contributed by atoms with Crippen LogP contribution in [0.5, 0.6) is 0 Å². The van der Waals surface area contributed by atoms with Crippen molar-refractivity contribution in [3.8, 4) is 21.8 Å². The summed E-state index contributed by atoms with van der Waals surface area (Å²) in [6, 6.07) is 14.1. The van der Waals surface area contributed by atoms with Gasteiger partial charge in [-0.05, 0) is 24.1 Å². The van der Waals surface area contributed by atoms with Crippen molar-refractivity contribution >= 4 is 31.4 Å². The number of aromatic nitrogens is 1. The summed E-state index contributed by atoms with van der Waals surface area (Å²) >= 11 is 1.46. The molecule has 0 unspecified atom stereocenters. The van der Waals surface area contributed by atoms with Gasteiger partial charge in [-0.25, -0.2) is 31.7 Å². The Morgan fingerprint density at radius 1 is 0.964 bits per heavy atom. The first-order valence-electron chi connectivity index (χ1n) is 8.24. The number of rotatable bonds is 7. The van der Waals surface area contributed by atoms with E-state index in [0.717, 1.165) is 33.6 Å². The normalized spacial score (nSPS) is 12.2. The third-order valence-electron chi connectivity index (χ3n) is 3.96. The van der Waals surface area contributed by atoms with Crippen LogP contribution in [0.15, 0.2) is 58.8 Å². The highest BCUT2D eigenvalue weighted by Gasteiger charge is 2.10. The topological polar surface area (TPSA) is 119 Å². The highest BCUT2D eigenvalue weighted by atomic mass is 32.2. The van der Waals surface area contributed by atoms with E-state index < -0.39 is 20.0 Å². The summed E-state index contributed by atoms with van der Waals surface area (Å²) in [5, 5.41) is 7.82. The van der Waals surface area contributed by atoms with Crippen LogP contribution in [0.25, 0.3) is 21.8 Å². The molecule has 3 aromatic rings. The number of nitrogens with one attached hydrogen (secondary N) is 1. The highest BCUT2D eigenvalue weighted by Crippen LogP contribution is 2.29. The average molecular weight is 438 g/mol. The van der Waals surface area contributed by atoms with Gasteiger partial charge < -0.3 is 0 Å². The van der Waals surface area contributed by atoms with Crippen molar-refractivity contribution in [2.45, 2.75) is 11.3 Å². The second-order valence-corrected chi connectivity index (χ2v) is 10.5. The van der Waals surface area contributed by atoms with Gasteiger partial charge in [0.2, 0.25) is 20.0 Å². The van der Waals surface area contributed by atoms with Gasteiger partial charge in [-0.3, -0.25) is 0 Å². The first kappa shape index (κ1) is 20.6. The summed E-state index contributed by atoms with van der Waals surface area (Å²) in [7, 11) is -6.89. The second kappa shape index (κ2) is 8.10. The van der Waals surface area contributed by atoms with Gasteiger partial charge in [-0.1, -0.05) is 36.4 Å². The molecule has 0 spiro atoms. The molecule has 3 rings (SSSR count). The molecule has 1 heterocycles. The Kier molecular flexibility index (Phi) is 5.96. The Labute approximate surface area is 168 Å². The molecule has 0 bridgehead atoms. The van der Waals surface area contributed by atoms with Crippen LogP contribution in [-0.2, 0) is 26.5 Å². The van der Waals surface area contributed by atoms with Gasteiger partial charge in [0.15, 0.2) is 0 Å². The molecule has 0 amide bonds. The molecule has 7 nitrogen and oxygen atoms in total. The Hall–Kier alpha value is -2.11. The third kappa shape index (κ3) is 5.46. The summed E-state index contributed by atoms with van der Waals surface area (Å²) in [6.07, 6.45) is 1.74. The molecule has 0 atom stereocenters. The summed E-state index contributed by atoms with van der Waals surface area (Å²) in [5.41, 5.74) is 3.60. The molecular weight excluding hydrogens is 418 g/mol. The molecule has 148 valence electrons. The van der Waals surface area contributed by atoms with Crippen LogP contribution >= 0.6 is 11.3 Å². The predicted molar refractivity (Wildman–Crippen MR) is 111 cm³/mol. The van der Waals surface area contributed by atoms with Crippen LogP contribution in [0.1, 0.15) is 5.56 Å². The molecule has 2 aromatic carbocycles. The standard InChI is InChI=1S/C18H19N3O4S3/c1-27(22,23)20-11-10-13-2-4-14(5-3-13)17-12-26-18(21-17)15-6-8-16(9-7-15)28(19,24)25/h2-9,12,20H,10-11H2,1H3,(H2,19,24,25). The fraction of sp³-hybridized carbons (Fsp3) is 0.167. The van der Waals surface area contributed by atoms with E-state index in [2.05, 4.69) is 9.71 Å². The summed E-state index contributed by atoms with van der Waals surface area (Å²) in [6.45, 7) is 0.355. The molecule has 0 saturated carbocycles. The monoisotopic (exact) mass is 437 g/mol. The number of nitrogens with two attached hydrogens (primary N) is 1. The lowest BCUT2D eigenvalue weighted by Gasteiger charge is -2.04. The molecule has 1 aromatic heterocycles. The zero-order valence-corrected chi connectivity index (χ0v) is 17.4. The number of primary sulfonamides is 1. The molecule has 0 aliphatic rings. The van der Waals surface area contributed by atoms with Crippen LogP contribution in [0.4, 0.5) is 0 Å². The maximum Gasteiger partial charge on any atom is 0.238 e. The summed E-state index contributed by atoms with van der Waals surface area (Å²) < 4.78 is 47.3. The first-order valence-corrected chi connectivity index (χ1v) is 12.6. The molecule has 10 heteroatoms. The summed E-state index contributed by atoms with van der Waals surface area (Å²) in [5.74, 6) is 0. The van der Waals surface area contributed by atoms with Crippen LogP contribution < -0.4 is 9.86 Å². The number of sulfonamides is 2. The largest absolute Gasteiger partial charge is 0.238 e. The SMILES string of the molecule is CS(=O)(=O)NCCc1ccc(-c2csc(-c3ccc(S(N)(=O)=O)cc3)n2)cc1. The Morgan fingerprint density at radius 2 is 1.57 bits per heavy atom. The van der Waals surface area contributed by atoms with E-state index in [0.29, 0.717) is 13.0 Å². The number of hydrogen-bond acceptors (Lipinski definition) is 6. The predicted octanol–water partition coefficient (Wildman–Crippen LogP) is 2.22. The van der Waals surface area contributed by atoms with E-state index in [1.807, 2.05) is 29.6 Å². The summed E-state index contributed by atoms with van der Waals surface area (Å²) in [4.78, 5) is 4.68. The van der Waals surface area contributed by atoms with Gasteiger partial charge in [0.05, 0.1) is 16.8 Å². The molecule has 0 radical (unpaired) electrons. The number of thiazole rings is 1. The maximum absolute atomic E-state index is 11.3.